The first-order valence-electron chi connectivity index (χ1n) is 7.90. The molecule has 3 rings (SSSR count). The molecule has 24 heavy (non-hydrogen) atoms. The molecule has 0 amide bonds. The lowest BCUT2D eigenvalue weighted by Gasteiger charge is -2.13. The minimum Gasteiger partial charge on any atom is -0.486 e. The fourth-order valence-corrected chi connectivity index (χ4v) is 2.42. The van der Waals surface area contributed by atoms with E-state index in [0.29, 0.717) is 30.3 Å². The van der Waals surface area contributed by atoms with Gasteiger partial charge in [0.2, 0.25) is 0 Å². The Labute approximate surface area is 141 Å². The van der Waals surface area contributed by atoms with Crippen LogP contribution in [0.25, 0.3) is 0 Å². The monoisotopic (exact) mass is 318 g/mol. The first-order chi connectivity index (χ1) is 11.9. The Morgan fingerprint density at radius 2 is 1.75 bits per heavy atom. The fourth-order valence-electron chi connectivity index (χ4n) is 2.42. The van der Waals surface area contributed by atoms with Gasteiger partial charge in [0, 0.05) is 0 Å². The van der Waals surface area contributed by atoms with E-state index in [1.165, 1.54) is 0 Å². The van der Waals surface area contributed by atoms with E-state index in [1.54, 1.807) is 12.4 Å². The van der Waals surface area contributed by atoms with Gasteiger partial charge in [-0.05, 0) is 24.0 Å². The van der Waals surface area contributed by atoms with Crippen LogP contribution in [0.4, 0.5) is 0 Å². The molecule has 1 aliphatic rings. The van der Waals surface area contributed by atoms with E-state index in [4.69, 9.17) is 9.47 Å². The van der Waals surface area contributed by atoms with E-state index in [2.05, 4.69) is 29.3 Å². The minimum atomic E-state index is 0.376. The molecule has 0 saturated carbocycles. The molecule has 1 aromatic heterocycles. The van der Waals surface area contributed by atoms with Crippen molar-refractivity contribution in [3.8, 4) is 17.6 Å². The van der Waals surface area contributed by atoms with Crippen molar-refractivity contribution < 1.29 is 9.47 Å². The average Bonchev–Trinajstić information content (AvgIpc) is 2.66. The van der Waals surface area contributed by atoms with Crippen LogP contribution in [0.15, 0.2) is 66.5 Å². The zero-order valence-corrected chi connectivity index (χ0v) is 13.3. The summed E-state index contributed by atoms with van der Waals surface area (Å²) in [5.74, 6) is 0.884. The summed E-state index contributed by atoms with van der Waals surface area (Å²) < 4.78 is 11.5. The molecule has 120 valence electrons. The highest BCUT2D eigenvalue weighted by molar-refractivity contribution is 5.51. The molecule has 0 radical (unpaired) electrons. The normalized spacial score (nSPS) is 13.0. The van der Waals surface area contributed by atoms with Gasteiger partial charge < -0.3 is 9.47 Å². The third kappa shape index (κ3) is 4.02. The predicted octanol–water partition coefficient (Wildman–Crippen LogP) is 4.19. The van der Waals surface area contributed by atoms with Crippen molar-refractivity contribution in [1.82, 2.24) is 4.98 Å². The van der Waals surface area contributed by atoms with Crippen molar-refractivity contribution in [2.24, 2.45) is 0 Å². The lowest BCUT2D eigenvalue weighted by molar-refractivity contribution is 0.298. The van der Waals surface area contributed by atoms with Crippen LogP contribution in [0.1, 0.15) is 24.0 Å². The molecule has 4 heteroatoms. The van der Waals surface area contributed by atoms with Crippen molar-refractivity contribution in [3.63, 3.8) is 0 Å². The molecular formula is C20H18N2O2. The molecular weight excluding hydrogens is 300 g/mol. The average molecular weight is 318 g/mol. The van der Waals surface area contributed by atoms with Gasteiger partial charge in [0.25, 0.3) is 0 Å². The fraction of sp³-hybridized carbons (Fsp3) is 0.200. The van der Waals surface area contributed by atoms with E-state index < -0.39 is 0 Å². The Bertz CT molecular complexity index is 789. The minimum absolute atomic E-state index is 0.376. The van der Waals surface area contributed by atoms with Crippen LogP contribution in [0.2, 0.25) is 0 Å². The molecule has 0 spiro atoms. The number of rotatable bonds is 6. The second kappa shape index (κ2) is 7.98. The number of benzene rings is 1. The number of ether oxygens (including phenoxy) is 2. The van der Waals surface area contributed by atoms with Gasteiger partial charge in [-0.2, -0.15) is 5.26 Å². The van der Waals surface area contributed by atoms with E-state index in [0.717, 1.165) is 24.0 Å². The summed E-state index contributed by atoms with van der Waals surface area (Å²) in [4.78, 5) is 4.13. The predicted molar refractivity (Wildman–Crippen MR) is 91.7 cm³/mol. The smallest absolute Gasteiger partial charge is 0.159 e. The Kier molecular flexibility index (Phi) is 5.26. The van der Waals surface area contributed by atoms with E-state index in [1.807, 2.05) is 30.3 Å². The highest BCUT2D eigenvalue weighted by Crippen LogP contribution is 2.27. The summed E-state index contributed by atoms with van der Waals surface area (Å²) in [6.07, 6.45) is 11.5. The van der Waals surface area contributed by atoms with Crippen LogP contribution in [0.3, 0.4) is 0 Å². The summed E-state index contributed by atoms with van der Waals surface area (Å²) in [7, 11) is 0. The molecule has 0 bridgehead atoms. The van der Waals surface area contributed by atoms with Crippen molar-refractivity contribution in [2.45, 2.75) is 19.4 Å². The van der Waals surface area contributed by atoms with Crippen molar-refractivity contribution in [3.05, 3.63) is 77.7 Å². The van der Waals surface area contributed by atoms with Gasteiger partial charge >= 0.3 is 0 Å². The Hall–Kier alpha value is -3.06. The topological polar surface area (TPSA) is 55.1 Å². The van der Waals surface area contributed by atoms with E-state index in [-0.39, 0.29) is 0 Å². The molecule has 0 unspecified atom stereocenters. The number of hydrogen-bond acceptors (Lipinski definition) is 4. The second-order valence-corrected chi connectivity index (χ2v) is 5.44. The molecule has 0 saturated heterocycles. The zero-order chi connectivity index (χ0) is 16.6. The Morgan fingerprint density at radius 1 is 1.00 bits per heavy atom. The molecule has 0 aliphatic heterocycles. The largest absolute Gasteiger partial charge is 0.486 e. The van der Waals surface area contributed by atoms with Crippen LogP contribution >= 0.6 is 0 Å². The Morgan fingerprint density at radius 3 is 2.42 bits per heavy atom. The molecule has 0 fully saturated rings. The zero-order valence-electron chi connectivity index (χ0n) is 13.3. The standard InChI is InChI=1S/C20H18N2O2/c21-11-18-19(23-14-16-7-3-1-4-8-16)12-22-13-20(18)24-15-17-9-5-2-6-10-17/h1,3-5,7-10,12-13H,2,6,14-15H2. The summed E-state index contributed by atoms with van der Waals surface area (Å²) in [5.41, 5.74) is 2.52. The number of nitrogens with zero attached hydrogens (tertiary/aromatic N) is 2. The summed E-state index contributed by atoms with van der Waals surface area (Å²) in [6.45, 7) is 0.809. The van der Waals surface area contributed by atoms with Crippen LogP contribution in [-0.2, 0) is 6.61 Å². The number of aromatic nitrogens is 1. The maximum Gasteiger partial charge on any atom is 0.159 e. The molecule has 1 aliphatic carbocycles. The molecule has 1 aromatic carbocycles. The Balaban J connectivity index is 1.70. The summed E-state index contributed by atoms with van der Waals surface area (Å²) in [5, 5.41) is 9.47. The second-order valence-electron chi connectivity index (χ2n) is 5.44. The molecule has 0 atom stereocenters. The van der Waals surface area contributed by atoms with Gasteiger partial charge in [-0.3, -0.25) is 4.98 Å². The number of allylic oxidation sites excluding steroid dienone is 2. The van der Waals surface area contributed by atoms with Crippen molar-refractivity contribution in [2.75, 3.05) is 6.61 Å². The molecule has 0 N–H and O–H groups in total. The van der Waals surface area contributed by atoms with Crippen LogP contribution in [0.5, 0.6) is 11.5 Å². The van der Waals surface area contributed by atoms with Gasteiger partial charge in [0.1, 0.15) is 24.8 Å². The number of pyridine rings is 1. The van der Waals surface area contributed by atoms with E-state index >= 15 is 0 Å². The van der Waals surface area contributed by atoms with Crippen molar-refractivity contribution in [1.29, 1.82) is 5.26 Å². The molecule has 1 heterocycles. The van der Waals surface area contributed by atoms with Crippen LogP contribution < -0.4 is 9.47 Å². The molecule has 2 aromatic rings. The van der Waals surface area contributed by atoms with Gasteiger partial charge in [-0.1, -0.05) is 48.6 Å². The third-order valence-corrected chi connectivity index (χ3v) is 3.69. The van der Waals surface area contributed by atoms with Crippen LogP contribution in [0, 0.1) is 11.3 Å². The first-order valence-corrected chi connectivity index (χ1v) is 7.90. The maximum absolute atomic E-state index is 9.47. The van der Waals surface area contributed by atoms with Gasteiger partial charge in [0.15, 0.2) is 11.5 Å². The molecule has 4 nitrogen and oxygen atoms in total. The van der Waals surface area contributed by atoms with Crippen LogP contribution in [-0.4, -0.2) is 11.6 Å². The van der Waals surface area contributed by atoms with Gasteiger partial charge in [0.05, 0.1) is 12.4 Å². The lowest BCUT2D eigenvalue weighted by Crippen LogP contribution is -2.05. The van der Waals surface area contributed by atoms with E-state index in [9.17, 15) is 5.26 Å². The summed E-state index contributed by atoms with van der Waals surface area (Å²) in [6, 6.07) is 12.0. The SMILES string of the molecule is N#Cc1c(OCC2=CCCC=C2)cncc1OCc1ccccc1. The number of nitriles is 1. The summed E-state index contributed by atoms with van der Waals surface area (Å²) >= 11 is 0. The highest BCUT2D eigenvalue weighted by atomic mass is 16.5. The quantitative estimate of drug-likeness (QED) is 0.801. The van der Waals surface area contributed by atoms with Gasteiger partial charge in [-0.25, -0.2) is 0 Å². The van der Waals surface area contributed by atoms with Crippen molar-refractivity contribution >= 4 is 0 Å². The van der Waals surface area contributed by atoms with Gasteiger partial charge in [-0.15, -0.1) is 0 Å². The first kappa shape index (κ1) is 15.8. The number of hydrogen-bond donors (Lipinski definition) is 0. The maximum atomic E-state index is 9.47. The highest BCUT2D eigenvalue weighted by Gasteiger charge is 2.12. The third-order valence-electron chi connectivity index (χ3n) is 3.69. The lowest BCUT2D eigenvalue weighted by atomic mass is 10.1.